The van der Waals surface area contributed by atoms with Gasteiger partial charge in [-0.3, -0.25) is 0 Å². The zero-order valence-electron chi connectivity index (χ0n) is 11.5. The predicted octanol–water partition coefficient (Wildman–Crippen LogP) is 2.46. The van der Waals surface area contributed by atoms with Gasteiger partial charge in [-0.2, -0.15) is 5.26 Å². The second-order valence-electron chi connectivity index (χ2n) is 5.65. The van der Waals surface area contributed by atoms with E-state index >= 15 is 0 Å². The van der Waals surface area contributed by atoms with Crippen LogP contribution in [0.25, 0.3) is 10.9 Å². The lowest BCUT2D eigenvalue weighted by Gasteiger charge is -2.36. The minimum atomic E-state index is -0.597. The summed E-state index contributed by atoms with van der Waals surface area (Å²) in [7, 11) is 0. The number of benzene rings is 1. The molecule has 3 rings (SSSR count). The van der Waals surface area contributed by atoms with Crippen molar-refractivity contribution in [2.24, 2.45) is 0 Å². The summed E-state index contributed by atoms with van der Waals surface area (Å²) in [5.74, 6) is 0.738. The highest BCUT2D eigenvalue weighted by molar-refractivity contribution is 5.83. The first-order valence-corrected chi connectivity index (χ1v) is 6.86. The highest BCUT2D eigenvalue weighted by Gasteiger charge is 2.29. The van der Waals surface area contributed by atoms with Gasteiger partial charge in [-0.15, -0.1) is 0 Å². The molecule has 1 saturated heterocycles. The van der Waals surface area contributed by atoms with Crippen LogP contribution in [0.5, 0.6) is 0 Å². The highest BCUT2D eigenvalue weighted by atomic mass is 16.3. The minimum Gasteiger partial charge on any atom is -0.390 e. The van der Waals surface area contributed by atoms with E-state index in [9.17, 15) is 10.4 Å². The number of pyridine rings is 1. The molecule has 0 radical (unpaired) electrons. The molecule has 20 heavy (non-hydrogen) atoms. The molecule has 2 aromatic rings. The fourth-order valence-electron chi connectivity index (χ4n) is 2.63. The van der Waals surface area contributed by atoms with Crippen LogP contribution in [0.4, 0.5) is 5.82 Å². The Morgan fingerprint density at radius 2 is 2.00 bits per heavy atom. The molecule has 102 valence electrons. The number of hydrogen-bond acceptors (Lipinski definition) is 4. The van der Waals surface area contributed by atoms with Crippen molar-refractivity contribution in [3.8, 4) is 6.07 Å². The maximum absolute atomic E-state index is 10.0. The van der Waals surface area contributed by atoms with Gasteiger partial charge in [0.2, 0.25) is 0 Å². The fourth-order valence-corrected chi connectivity index (χ4v) is 2.63. The van der Waals surface area contributed by atoms with Gasteiger partial charge in [-0.05, 0) is 31.9 Å². The number of nitriles is 1. The summed E-state index contributed by atoms with van der Waals surface area (Å²) < 4.78 is 0. The average molecular weight is 267 g/mol. The molecular formula is C16H17N3O. The van der Waals surface area contributed by atoms with Crippen molar-refractivity contribution in [2.75, 3.05) is 18.0 Å². The second-order valence-corrected chi connectivity index (χ2v) is 5.65. The number of rotatable bonds is 1. The molecule has 1 fully saturated rings. The third kappa shape index (κ3) is 2.33. The van der Waals surface area contributed by atoms with Crippen LogP contribution in [0.1, 0.15) is 25.3 Å². The molecule has 0 amide bonds. The smallest absolute Gasteiger partial charge is 0.147 e. The molecule has 1 aromatic carbocycles. The number of fused-ring (bicyclic) bond motifs is 1. The monoisotopic (exact) mass is 267 g/mol. The molecule has 0 aliphatic carbocycles. The van der Waals surface area contributed by atoms with Crippen LogP contribution in [0.3, 0.4) is 0 Å². The van der Waals surface area contributed by atoms with Gasteiger partial charge in [-0.1, -0.05) is 18.2 Å². The lowest BCUT2D eigenvalue weighted by molar-refractivity contribution is 0.0350. The van der Waals surface area contributed by atoms with Crippen molar-refractivity contribution in [2.45, 2.75) is 25.4 Å². The van der Waals surface area contributed by atoms with Crippen molar-refractivity contribution >= 4 is 16.7 Å². The van der Waals surface area contributed by atoms with Crippen LogP contribution >= 0.6 is 0 Å². The summed E-state index contributed by atoms with van der Waals surface area (Å²) in [5, 5.41) is 20.4. The Balaban J connectivity index is 2.01. The van der Waals surface area contributed by atoms with Crippen molar-refractivity contribution in [1.82, 2.24) is 4.98 Å². The summed E-state index contributed by atoms with van der Waals surface area (Å²) in [4.78, 5) is 6.74. The summed E-state index contributed by atoms with van der Waals surface area (Å²) >= 11 is 0. The Morgan fingerprint density at radius 1 is 1.30 bits per heavy atom. The quantitative estimate of drug-likeness (QED) is 0.862. The van der Waals surface area contributed by atoms with E-state index in [1.54, 1.807) is 0 Å². The van der Waals surface area contributed by atoms with E-state index < -0.39 is 5.60 Å². The maximum Gasteiger partial charge on any atom is 0.147 e. The maximum atomic E-state index is 10.0. The van der Waals surface area contributed by atoms with Gasteiger partial charge in [0, 0.05) is 18.5 Å². The Hall–Kier alpha value is -2.12. The Morgan fingerprint density at radius 3 is 2.70 bits per heavy atom. The topological polar surface area (TPSA) is 60.1 Å². The molecule has 0 bridgehead atoms. The number of aliphatic hydroxyl groups is 1. The Labute approximate surface area is 118 Å². The summed E-state index contributed by atoms with van der Waals surface area (Å²) in [6, 6.07) is 12.0. The molecule has 0 atom stereocenters. The zero-order valence-corrected chi connectivity index (χ0v) is 11.5. The molecule has 0 saturated carbocycles. The van der Waals surface area contributed by atoms with Gasteiger partial charge >= 0.3 is 0 Å². The predicted molar refractivity (Wildman–Crippen MR) is 78.5 cm³/mol. The van der Waals surface area contributed by atoms with Gasteiger partial charge in [0.25, 0.3) is 0 Å². The van der Waals surface area contributed by atoms with Gasteiger partial charge in [0.05, 0.1) is 16.7 Å². The van der Waals surface area contributed by atoms with Gasteiger partial charge in [0.1, 0.15) is 11.9 Å². The summed E-state index contributed by atoms with van der Waals surface area (Å²) in [6.45, 7) is 3.32. The van der Waals surface area contributed by atoms with Crippen molar-refractivity contribution in [3.05, 3.63) is 35.9 Å². The number of anilines is 1. The first-order chi connectivity index (χ1) is 9.59. The molecule has 0 unspecified atom stereocenters. The lowest BCUT2D eigenvalue weighted by Crippen LogP contribution is -2.43. The summed E-state index contributed by atoms with van der Waals surface area (Å²) in [6.07, 6.45) is 1.40. The number of para-hydroxylation sites is 1. The second kappa shape index (κ2) is 4.77. The molecule has 4 nitrogen and oxygen atoms in total. The van der Waals surface area contributed by atoms with Crippen molar-refractivity contribution < 1.29 is 5.11 Å². The number of hydrogen-bond donors (Lipinski definition) is 1. The van der Waals surface area contributed by atoms with Crippen LogP contribution < -0.4 is 4.90 Å². The normalized spacial score (nSPS) is 17.9. The van der Waals surface area contributed by atoms with E-state index in [1.165, 1.54) is 0 Å². The number of aromatic nitrogens is 1. The van der Waals surface area contributed by atoms with Gasteiger partial charge in [-0.25, -0.2) is 4.98 Å². The molecule has 2 heterocycles. The van der Waals surface area contributed by atoms with Crippen LogP contribution in [-0.2, 0) is 0 Å². The van der Waals surface area contributed by atoms with E-state index in [0.717, 1.165) is 29.8 Å². The Kier molecular flexibility index (Phi) is 3.07. The van der Waals surface area contributed by atoms with E-state index in [4.69, 9.17) is 0 Å². The lowest BCUT2D eigenvalue weighted by atomic mass is 9.93. The standard InChI is InChI=1S/C16H17N3O/c1-16(20)6-8-19(9-7-16)15-13(11-17)10-12-4-2-3-5-14(12)18-15/h2-5,10,20H,6-9H2,1H3. The molecular weight excluding hydrogens is 250 g/mol. The van der Waals surface area contributed by atoms with E-state index in [-0.39, 0.29) is 0 Å². The first-order valence-electron chi connectivity index (χ1n) is 6.86. The van der Waals surface area contributed by atoms with Crippen LogP contribution in [0.2, 0.25) is 0 Å². The average Bonchev–Trinajstić information content (AvgIpc) is 2.46. The van der Waals surface area contributed by atoms with Crippen molar-refractivity contribution in [1.29, 1.82) is 5.26 Å². The third-order valence-electron chi connectivity index (χ3n) is 3.96. The molecule has 1 aliphatic heterocycles. The van der Waals surface area contributed by atoms with Gasteiger partial charge < -0.3 is 10.0 Å². The third-order valence-corrected chi connectivity index (χ3v) is 3.96. The first kappa shape index (κ1) is 12.9. The molecule has 1 aromatic heterocycles. The van der Waals surface area contributed by atoms with Crippen LogP contribution in [-0.4, -0.2) is 28.8 Å². The van der Waals surface area contributed by atoms with E-state index in [1.807, 2.05) is 37.3 Å². The van der Waals surface area contributed by atoms with Crippen LogP contribution in [0.15, 0.2) is 30.3 Å². The number of piperidine rings is 1. The van der Waals surface area contributed by atoms with Crippen molar-refractivity contribution in [3.63, 3.8) is 0 Å². The minimum absolute atomic E-state index is 0.597. The van der Waals surface area contributed by atoms with Gasteiger partial charge in [0.15, 0.2) is 0 Å². The zero-order chi connectivity index (χ0) is 14.2. The number of nitrogens with zero attached hydrogens (tertiary/aromatic N) is 3. The van der Waals surface area contributed by atoms with Crippen LogP contribution in [0, 0.1) is 11.3 Å². The molecule has 0 spiro atoms. The largest absolute Gasteiger partial charge is 0.390 e. The molecule has 4 heteroatoms. The fraction of sp³-hybridized carbons (Fsp3) is 0.375. The molecule has 1 N–H and O–H groups in total. The Bertz CT molecular complexity index is 678. The SMILES string of the molecule is CC1(O)CCN(c2nc3ccccc3cc2C#N)CC1. The molecule has 1 aliphatic rings. The van der Waals surface area contributed by atoms with E-state index in [2.05, 4.69) is 16.0 Å². The summed E-state index contributed by atoms with van der Waals surface area (Å²) in [5.41, 5.74) is 0.907. The van der Waals surface area contributed by atoms with E-state index in [0.29, 0.717) is 18.4 Å². The highest BCUT2D eigenvalue weighted by Crippen LogP contribution is 2.28.